The molecule has 0 heterocycles. The van der Waals surface area contributed by atoms with Crippen LogP contribution in [-0.4, -0.2) is 7.11 Å². The minimum Gasteiger partial charge on any atom is -0.497 e. The van der Waals surface area contributed by atoms with Crippen LogP contribution in [0, 0.1) is 0 Å². The highest BCUT2D eigenvalue weighted by molar-refractivity contribution is 5.84. The normalized spacial score (nSPS) is 10.7. The maximum atomic E-state index is 5.25. The van der Waals surface area contributed by atoms with Gasteiger partial charge in [0.2, 0.25) is 0 Å². The molecule has 0 bridgehead atoms. The molecule has 0 unspecified atom stereocenters. The predicted molar refractivity (Wildman–Crippen MR) is 87.5 cm³/mol. The van der Waals surface area contributed by atoms with E-state index < -0.39 is 0 Å². The summed E-state index contributed by atoms with van der Waals surface area (Å²) in [6, 6.07) is 23.2. The Labute approximate surface area is 125 Å². The van der Waals surface area contributed by atoms with Crippen LogP contribution in [0.25, 0.3) is 10.8 Å². The maximum absolute atomic E-state index is 5.25. The quantitative estimate of drug-likeness (QED) is 0.757. The smallest absolute Gasteiger partial charge is 0.119 e. The molecule has 0 atom stereocenters. The lowest BCUT2D eigenvalue weighted by Gasteiger charge is -2.07. The molecule has 0 aliphatic rings. The van der Waals surface area contributed by atoms with Crippen molar-refractivity contribution in [2.75, 3.05) is 7.11 Å². The number of fused-ring (bicyclic) bond motifs is 1. The fourth-order valence-electron chi connectivity index (χ4n) is 2.46. The Morgan fingerprint density at radius 2 is 1.48 bits per heavy atom. The molecule has 0 aliphatic heterocycles. The number of nitrogens with one attached hydrogen (secondary N) is 1. The van der Waals surface area contributed by atoms with Crippen LogP contribution in [0.1, 0.15) is 11.1 Å². The number of methoxy groups -OCH3 is 1. The average Bonchev–Trinajstić information content (AvgIpc) is 2.55. The molecule has 21 heavy (non-hydrogen) atoms. The van der Waals surface area contributed by atoms with Gasteiger partial charge in [-0.3, -0.25) is 0 Å². The Morgan fingerprint density at radius 3 is 2.29 bits per heavy atom. The Balaban J connectivity index is 1.67. The minimum atomic E-state index is 0.872. The summed E-state index contributed by atoms with van der Waals surface area (Å²) >= 11 is 0. The highest BCUT2D eigenvalue weighted by atomic mass is 16.5. The SMILES string of the molecule is COc1ccc2cc(CNCc3ccccc3)ccc2c1. The van der Waals surface area contributed by atoms with E-state index in [-0.39, 0.29) is 0 Å². The summed E-state index contributed by atoms with van der Waals surface area (Å²) in [7, 11) is 1.70. The summed E-state index contributed by atoms with van der Waals surface area (Å²) in [5.41, 5.74) is 2.60. The molecule has 0 aromatic heterocycles. The van der Waals surface area contributed by atoms with Crippen LogP contribution in [0.3, 0.4) is 0 Å². The van der Waals surface area contributed by atoms with Gasteiger partial charge in [0.1, 0.15) is 5.75 Å². The largest absolute Gasteiger partial charge is 0.497 e. The Kier molecular flexibility index (Phi) is 4.17. The van der Waals surface area contributed by atoms with E-state index in [1.54, 1.807) is 7.11 Å². The van der Waals surface area contributed by atoms with E-state index in [4.69, 9.17) is 4.74 Å². The van der Waals surface area contributed by atoms with Crippen molar-refractivity contribution >= 4 is 10.8 Å². The van der Waals surface area contributed by atoms with Crippen LogP contribution in [-0.2, 0) is 13.1 Å². The maximum Gasteiger partial charge on any atom is 0.119 e. The molecular formula is C19H19NO. The standard InChI is InChI=1S/C19H19NO/c1-21-19-10-9-17-11-16(7-8-18(17)12-19)14-20-13-15-5-3-2-4-6-15/h2-12,20H,13-14H2,1H3. The second-order valence-corrected chi connectivity index (χ2v) is 5.14. The molecule has 0 saturated heterocycles. The molecule has 0 radical (unpaired) electrons. The molecule has 3 aromatic rings. The number of benzene rings is 3. The van der Waals surface area contributed by atoms with Crippen molar-refractivity contribution in [3.8, 4) is 5.75 Å². The van der Waals surface area contributed by atoms with Gasteiger partial charge in [0.15, 0.2) is 0 Å². The molecular weight excluding hydrogens is 258 g/mol. The Hall–Kier alpha value is -2.32. The van der Waals surface area contributed by atoms with Gasteiger partial charge in [-0.25, -0.2) is 0 Å². The van der Waals surface area contributed by atoms with Gasteiger partial charge in [0, 0.05) is 13.1 Å². The molecule has 0 saturated carbocycles. The van der Waals surface area contributed by atoms with Crippen LogP contribution in [0.4, 0.5) is 0 Å². The van der Waals surface area contributed by atoms with Crippen molar-refractivity contribution in [3.05, 3.63) is 77.9 Å². The van der Waals surface area contributed by atoms with Crippen LogP contribution in [0.5, 0.6) is 5.75 Å². The van der Waals surface area contributed by atoms with E-state index in [1.807, 2.05) is 12.1 Å². The second-order valence-electron chi connectivity index (χ2n) is 5.14. The third-order valence-corrected chi connectivity index (χ3v) is 3.61. The number of hydrogen-bond donors (Lipinski definition) is 1. The van der Waals surface area contributed by atoms with Crippen molar-refractivity contribution in [2.45, 2.75) is 13.1 Å². The highest BCUT2D eigenvalue weighted by Gasteiger charge is 1.99. The first kappa shape index (κ1) is 13.7. The van der Waals surface area contributed by atoms with Crippen LogP contribution in [0.2, 0.25) is 0 Å². The molecule has 0 amide bonds. The Bertz CT molecular complexity index is 722. The van der Waals surface area contributed by atoms with Crippen molar-refractivity contribution in [2.24, 2.45) is 0 Å². The topological polar surface area (TPSA) is 21.3 Å². The monoisotopic (exact) mass is 277 g/mol. The summed E-state index contributed by atoms with van der Waals surface area (Å²) in [5.74, 6) is 0.900. The fraction of sp³-hybridized carbons (Fsp3) is 0.158. The number of ether oxygens (including phenoxy) is 1. The fourth-order valence-corrected chi connectivity index (χ4v) is 2.46. The summed E-state index contributed by atoms with van der Waals surface area (Å²) in [6.45, 7) is 1.76. The molecule has 1 N–H and O–H groups in total. The van der Waals surface area contributed by atoms with E-state index in [0.29, 0.717) is 0 Å². The number of rotatable bonds is 5. The molecule has 2 heteroatoms. The van der Waals surface area contributed by atoms with E-state index in [0.717, 1.165) is 18.8 Å². The summed E-state index contributed by atoms with van der Waals surface area (Å²) in [4.78, 5) is 0. The van der Waals surface area contributed by atoms with Gasteiger partial charge >= 0.3 is 0 Å². The second kappa shape index (κ2) is 6.42. The van der Waals surface area contributed by atoms with Crippen molar-refractivity contribution in [3.63, 3.8) is 0 Å². The van der Waals surface area contributed by atoms with Gasteiger partial charge in [0.05, 0.1) is 7.11 Å². The zero-order valence-corrected chi connectivity index (χ0v) is 12.2. The van der Waals surface area contributed by atoms with Crippen molar-refractivity contribution < 1.29 is 4.74 Å². The van der Waals surface area contributed by atoms with E-state index >= 15 is 0 Å². The first-order valence-electron chi connectivity index (χ1n) is 7.16. The van der Waals surface area contributed by atoms with Gasteiger partial charge in [0.25, 0.3) is 0 Å². The minimum absolute atomic E-state index is 0.872. The van der Waals surface area contributed by atoms with Gasteiger partial charge in [-0.05, 0) is 40.1 Å². The summed E-state index contributed by atoms with van der Waals surface area (Å²) < 4.78 is 5.25. The van der Waals surface area contributed by atoms with Crippen LogP contribution < -0.4 is 10.1 Å². The molecule has 0 fully saturated rings. The lowest BCUT2D eigenvalue weighted by molar-refractivity contribution is 0.415. The Morgan fingerprint density at radius 1 is 0.762 bits per heavy atom. The third-order valence-electron chi connectivity index (χ3n) is 3.61. The molecule has 3 rings (SSSR count). The van der Waals surface area contributed by atoms with Gasteiger partial charge < -0.3 is 10.1 Å². The molecule has 0 spiro atoms. The summed E-state index contributed by atoms with van der Waals surface area (Å²) in [6.07, 6.45) is 0. The molecule has 0 aliphatic carbocycles. The average molecular weight is 277 g/mol. The van der Waals surface area contributed by atoms with Crippen molar-refractivity contribution in [1.29, 1.82) is 0 Å². The third kappa shape index (κ3) is 3.41. The first-order valence-corrected chi connectivity index (χ1v) is 7.16. The van der Waals surface area contributed by atoms with Gasteiger partial charge in [-0.2, -0.15) is 0 Å². The van der Waals surface area contributed by atoms with Crippen molar-refractivity contribution in [1.82, 2.24) is 5.32 Å². The zero-order valence-electron chi connectivity index (χ0n) is 12.2. The van der Waals surface area contributed by atoms with E-state index in [9.17, 15) is 0 Å². The molecule has 106 valence electrons. The van der Waals surface area contributed by atoms with Gasteiger partial charge in [-0.1, -0.05) is 48.5 Å². The van der Waals surface area contributed by atoms with Gasteiger partial charge in [-0.15, -0.1) is 0 Å². The lowest BCUT2D eigenvalue weighted by Crippen LogP contribution is -2.12. The van der Waals surface area contributed by atoms with Crippen LogP contribution >= 0.6 is 0 Å². The number of hydrogen-bond acceptors (Lipinski definition) is 2. The summed E-state index contributed by atoms with van der Waals surface area (Å²) in [5, 5.41) is 5.94. The van der Waals surface area contributed by atoms with E-state index in [1.165, 1.54) is 21.9 Å². The first-order chi connectivity index (χ1) is 10.3. The predicted octanol–water partition coefficient (Wildman–Crippen LogP) is 4.14. The lowest BCUT2D eigenvalue weighted by atomic mass is 10.1. The molecule has 3 aromatic carbocycles. The highest BCUT2D eigenvalue weighted by Crippen LogP contribution is 2.21. The zero-order chi connectivity index (χ0) is 14.5. The molecule has 2 nitrogen and oxygen atoms in total. The van der Waals surface area contributed by atoms with E-state index in [2.05, 4.69) is 59.9 Å². The van der Waals surface area contributed by atoms with Crippen LogP contribution in [0.15, 0.2) is 66.7 Å².